The number of hydrogen-bond donors (Lipinski definition) is 1. The molecule has 0 spiro atoms. The van der Waals surface area contributed by atoms with Gasteiger partial charge in [0.15, 0.2) is 9.84 Å². The van der Waals surface area contributed by atoms with Crippen LogP contribution in [-0.2, 0) is 9.84 Å². The molecular weight excluding hydrogens is 278 g/mol. The van der Waals surface area contributed by atoms with E-state index in [0.29, 0.717) is 18.5 Å². The summed E-state index contributed by atoms with van der Waals surface area (Å²) in [6, 6.07) is 4.58. The molecule has 1 aliphatic rings. The maximum Gasteiger partial charge on any atom is 0.151 e. The Labute approximate surface area is 120 Å². The molecule has 1 atom stereocenters. The van der Waals surface area contributed by atoms with Gasteiger partial charge in [0.05, 0.1) is 5.75 Å². The van der Waals surface area contributed by atoms with E-state index in [2.05, 4.69) is 22.8 Å². The topological polar surface area (TPSA) is 46.2 Å². The lowest BCUT2D eigenvalue weighted by Gasteiger charge is -2.23. The Hall–Kier alpha value is -0.390. The molecule has 19 heavy (non-hydrogen) atoms. The molecule has 1 fully saturated rings. The molecule has 1 aliphatic carbocycles. The van der Waals surface area contributed by atoms with Gasteiger partial charge in [-0.1, -0.05) is 25.8 Å². The van der Waals surface area contributed by atoms with Crippen LogP contribution in [0.3, 0.4) is 0 Å². The quantitative estimate of drug-likeness (QED) is 0.842. The van der Waals surface area contributed by atoms with E-state index in [1.54, 1.807) is 18.3 Å². The Balaban J connectivity index is 1.95. The molecule has 0 aliphatic heterocycles. The first-order chi connectivity index (χ1) is 9.12. The maximum absolute atomic E-state index is 11.6. The normalized spacial score (nSPS) is 18.8. The summed E-state index contributed by atoms with van der Waals surface area (Å²) in [7, 11) is -2.87. The molecule has 0 saturated heterocycles. The van der Waals surface area contributed by atoms with Crippen molar-refractivity contribution in [2.45, 2.75) is 38.6 Å². The van der Waals surface area contributed by atoms with Crippen molar-refractivity contribution in [3.05, 3.63) is 22.4 Å². The molecule has 0 bridgehead atoms. The van der Waals surface area contributed by atoms with Gasteiger partial charge in [0, 0.05) is 23.2 Å². The Morgan fingerprint density at radius 1 is 1.42 bits per heavy atom. The molecule has 1 heterocycles. The summed E-state index contributed by atoms with van der Waals surface area (Å²) in [4.78, 5) is 1.35. The van der Waals surface area contributed by atoms with Crippen LogP contribution in [-0.4, -0.2) is 26.5 Å². The molecule has 0 aromatic carbocycles. The van der Waals surface area contributed by atoms with E-state index in [-0.39, 0.29) is 11.5 Å². The van der Waals surface area contributed by atoms with Crippen LogP contribution in [0.25, 0.3) is 0 Å². The van der Waals surface area contributed by atoms with Crippen LogP contribution >= 0.6 is 11.3 Å². The summed E-state index contributed by atoms with van der Waals surface area (Å²) in [5, 5.41) is 5.58. The second kappa shape index (κ2) is 6.86. The Morgan fingerprint density at radius 3 is 2.74 bits per heavy atom. The zero-order chi connectivity index (χ0) is 13.7. The van der Waals surface area contributed by atoms with Crippen molar-refractivity contribution in [2.24, 2.45) is 5.92 Å². The van der Waals surface area contributed by atoms with Crippen LogP contribution in [0.4, 0.5) is 0 Å². The van der Waals surface area contributed by atoms with Crippen LogP contribution in [0, 0.1) is 5.92 Å². The highest BCUT2D eigenvalue weighted by Gasteiger charge is 2.26. The molecule has 0 amide bonds. The van der Waals surface area contributed by atoms with Crippen molar-refractivity contribution in [2.75, 3.05) is 18.1 Å². The average Bonchev–Trinajstić information content (AvgIpc) is 3.07. The van der Waals surface area contributed by atoms with E-state index in [1.807, 2.05) is 0 Å². The Morgan fingerprint density at radius 2 is 2.16 bits per heavy atom. The number of nitrogens with one attached hydrogen (secondary N) is 1. The highest BCUT2D eigenvalue weighted by atomic mass is 32.2. The summed E-state index contributed by atoms with van der Waals surface area (Å²) >= 11 is 1.77. The fraction of sp³-hybridized carbons (Fsp3) is 0.714. The molecule has 1 unspecified atom stereocenters. The molecule has 1 aromatic rings. The first-order valence-corrected chi connectivity index (χ1v) is 9.79. The van der Waals surface area contributed by atoms with Crippen LogP contribution in [0.15, 0.2) is 17.5 Å². The summed E-state index contributed by atoms with van der Waals surface area (Å²) < 4.78 is 23.1. The lowest BCUT2D eigenvalue weighted by atomic mass is 9.97. The molecule has 5 heteroatoms. The number of hydrogen-bond acceptors (Lipinski definition) is 4. The minimum absolute atomic E-state index is 0.238. The molecule has 108 valence electrons. The van der Waals surface area contributed by atoms with Gasteiger partial charge in [0.2, 0.25) is 0 Å². The number of sulfone groups is 1. The maximum atomic E-state index is 11.6. The van der Waals surface area contributed by atoms with Crippen molar-refractivity contribution >= 4 is 21.2 Å². The molecule has 0 radical (unpaired) electrons. The van der Waals surface area contributed by atoms with Crippen LogP contribution in [0.1, 0.15) is 43.5 Å². The van der Waals surface area contributed by atoms with E-state index < -0.39 is 9.84 Å². The molecule has 3 nitrogen and oxygen atoms in total. The van der Waals surface area contributed by atoms with E-state index in [1.165, 1.54) is 30.6 Å². The SMILES string of the molecule is CCS(=O)(=O)CCNC(c1cccs1)C1CCCC1. The predicted molar refractivity (Wildman–Crippen MR) is 81.3 cm³/mol. The fourth-order valence-corrected chi connectivity index (χ4v) is 4.38. The number of thiophene rings is 1. The van der Waals surface area contributed by atoms with Gasteiger partial charge >= 0.3 is 0 Å². The summed E-state index contributed by atoms with van der Waals surface area (Å²) in [5.41, 5.74) is 0. The van der Waals surface area contributed by atoms with Gasteiger partial charge < -0.3 is 5.32 Å². The number of rotatable bonds is 7. The van der Waals surface area contributed by atoms with E-state index in [9.17, 15) is 8.42 Å². The van der Waals surface area contributed by atoms with E-state index in [0.717, 1.165) is 0 Å². The second-order valence-electron chi connectivity index (χ2n) is 5.23. The van der Waals surface area contributed by atoms with Crippen molar-refractivity contribution < 1.29 is 8.42 Å². The van der Waals surface area contributed by atoms with E-state index in [4.69, 9.17) is 0 Å². The molecule has 1 saturated carbocycles. The third-order valence-electron chi connectivity index (χ3n) is 3.94. The predicted octanol–water partition coefficient (Wildman–Crippen LogP) is 3.00. The third-order valence-corrected chi connectivity index (χ3v) is 6.60. The van der Waals surface area contributed by atoms with Crippen LogP contribution < -0.4 is 5.32 Å². The molecule has 1 N–H and O–H groups in total. The highest BCUT2D eigenvalue weighted by Crippen LogP contribution is 2.37. The highest BCUT2D eigenvalue weighted by molar-refractivity contribution is 7.91. The van der Waals surface area contributed by atoms with Crippen molar-refractivity contribution in [1.82, 2.24) is 5.32 Å². The van der Waals surface area contributed by atoms with Gasteiger partial charge in [-0.15, -0.1) is 11.3 Å². The first-order valence-electron chi connectivity index (χ1n) is 7.09. The zero-order valence-electron chi connectivity index (χ0n) is 11.5. The minimum Gasteiger partial charge on any atom is -0.308 e. The average molecular weight is 301 g/mol. The Bertz CT molecular complexity index is 462. The van der Waals surface area contributed by atoms with Crippen LogP contribution in [0.5, 0.6) is 0 Å². The second-order valence-corrected chi connectivity index (χ2v) is 8.68. The summed E-state index contributed by atoms with van der Waals surface area (Å²) in [5.74, 6) is 1.16. The molecule has 2 rings (SSSR count). The van der Waals surface area contributed by atoms with E-state index >= 15 is 0 Å². The van der Waals surface area contributed by atoms with Crippen molar-refractivity contribution in [3.8, 4) is 0 Å². The summed E-state index contributed by atoms with van der Waals surface area (Å²) in [6.07, 6.45) is 5.13. The molecule has 1 aromatic heterocycles. The van der Waals surface area contributed by atoms with Crippen molar-refractivity contribution in [3.63, 3.8) is 0 Å². The monoisotopic (exact) mass is 301 g/mol. The third kappa shape index (κ3) is 4.29. The summed E-state index contributed by atoms with van der Waals surface area (Å²) in [6.45, 7) is 2.28. The smallest absolute Gasteiger partial charge is 0.151 e. The minimum atomic E-state index is -2.87. The van der Waals surface area contributed by atoms with Gasteiger partial charge in [-0.3, -0.25) is 0 Å². The standard InChI is InChI=1S/C14H23NO2S2/c1-2-19(16,17)11-9-15-14(12-6-3-4-7-12)13-8-5-10-18-13/h5,8,10,12,14-15H,2-4,6-7,9,11H2,1H3. The van der Waals surface area contributed by atoms with Gasteiger partial charge in [-0.2, -0.15) is 0 Å². The van der Waals surface area contributed by atoms with Gasteiger partial charge in [0.25, 0.3) is 0 Å². The van der Waals surface area contributed by atoms with Gasteiger partial charge in [-0.05, 0) is 30.2 Å². The first kappa shape index (κ1) is 15.0. The Kier molecular flexibility index (Phi) is 5.42. The van der Waals surface area contributed by atoms with Crippen LogP contribution in [0.2, 0.25) is 0 Å². The largest absolute Gasteiger partial charge is 0.308 e. The zero-order valence-corrected chi connectivity index (χ0v) is 13.1. The lowest BCUT2D eigenvalue weighted by Crippen LogP contribution is -2.31. The van der Waals surface area contributed by atoms with Gasteiger partial charge in [0.1, 0.15) is 0 Å². The lowest BCUT2D eigenvalue weighted by molar-refractivity contribution is 0.379. The van der Waals surface area contributed by atoms with Gasteiger partial charge in [-0.25, -0.2) is 8.42 Å². The molecular formula is C14H23NO2S2. The van der Waals surface area contributed by atoms with Crippen molar-refractivity contribution in [1.29, 1.82) is 0 Å². The fourth-order valence-electron chi connectivity index (χ4n) is 2.77.